The Morgan fingerprint density at radius 1 is 1.18 bits per heavy atom. The van der Waals surface area contributed by atoms with Crippen molar-refractivity contribution in [2.45, 2.75) is 25.6 Å². The fourth-order valence-electron chi connectivity index (χ4n) is 4.28. The van der Waals surface area contributed by atoms with Crippen molar-refractivity contribution < 1.29 is 18.0 Å². The minimum absolute atomic E-state index is 0.0892. The highest BCUT2D eigenvalue weighted by Gasteiger charge is 2.46. The van der Waals surface area contributed by atoms with Crippen molar-refractivity contribution in [3.63, 3.8) is 0 Å². The number of hydrogen-bond acceptors (Lipinski definition) is 4. The van der Waals surface area contributed by atoms with Gasteiger partial charge in [-0.25, -0.2) is 9.67 Å². The number of alkyl halides is 3. The van der Waals surface area contributed by atoms with E-state index in [0.717, 1.165) is 10.2 Å². The summed E-state index contributed by atoms with van der Waals surface area (Å²) in [5, 5.41) is 9.37. The van der Waals surface area contributed by atoms with Crippen molar-refractivity contribution in [3.8, 4) is 11.3 Å². The van der Waals surface area contributed by atoms with Crippen LogP contribution in [0, 0.1) is 6.92 Å². The average Bonchev–Trinajstić information content (AvgIpc) is 3.36. The highest BCUT2D eigenvalue weighted by molar-refractivity contribution is 6.30. The molecule has 4 aromatic rings. The van der Waals surface area contributed by atoms with Crippen LogP contribution < -0.4 is 4.90 Å². The maximum atomic E-state index is 13.7. The van der Waals surface area contributed by atoms with Crippen LogP contribution in [0.25, 0.3) is 22.3 Å². The van der Waals surface area contributed by atoms with Gasteiger partial charge in [0.2, 0.25) is 0 Å². The predicted octanol–water partition coefficient (Wildman–Crippen LogP) is 4.95. The molecule has 1 amide bonds. The van der Waals surface area contributed by atoms with E-state index in [9.17, 15) is 18.0 Å². The Hall–Kier alpha value is -3.40. The molecule has 5 rings (SSSR count). The summed E-state index contributed by atoms with van der Waals surface area (Å²) >= 11 is 6.00. The number of aryl methyl sites for hydroxylation is 2. The molecule has 0 fully saturated rings. The second kappa shape index (κ2) is 7.58. The molecule has 0 unspecified atom stereocenters. The van der Waals surface area contributed by atoms with Crippen molar-refractivity contribution in [2.75, 3.05) is 11.4 Å². The summed E-state index contributed by atoms with van der Waals surface area (Å²) in [7, 11) is 1.73. The first-order chi connectivity index (χ1) is 15.6. The maximum absolute atomic E-state index is 13.7. The van der Waals surface area contributed by atoms with Crippen LogP contribution >= 0.6 is 11.6 Å². The number of carbonyl (C=O) groups excluding carboxylic acids is 1. The molecule has 7 nitrogen and oxygen atoms in total. The van der Waals surface area contributed by atoms with Crippen molar-refractivity contribution >= 4 is 34.4 Å². The van der Waals surface area contributed by atoms with Crippen LogP contribution in [0.15, 0.2) is 42.6 Å². The largest absolute Gasteiger partial charge is 0.410 e. The molecular weight excluding hydrogens is 457 g/mol. The van der Waals surface area contributed by atoms with E-state index in [4.69, 9.17) is 11.6 Å². The zero-order valence-electron chi connectivity index (χ0n) is 17.6. The quantitative estimate of drug-likeness (QED) is 0.412. The third-order valence-corrected chi connectivity index (χ3v) is 6.06. The van der Waals surface area contributed by atoms with E-state index in [1.807, 2.05) is 0 Å². The molecule has 33 heavy (non-hydrogen) atoms. The van der Waals surface area contributed by atoms with Crippen LogP contribution in [0.5, 0.6) is 0 Å². The molecule has 0 radical (unpaired) electrons. The first-order valence-electron chi connectivity index (χ1n) is 10.2. The third kappa shape index (κ3) is 3.54. The molecule has 0 spiro atoms. The van der Waals surface area contributed by atoms with Gasteiger partial charge in [-0.3, -0.25) is 14.4 Å². The summed E-state index contributed by atoms with van der Waals surface area (Å²) in [6.45, 7) is 1.68. The number of hydrogen-bond donors (Lipinski definition) is 0. The van der Waals surface area contributed by atoms with Crippen LogP contribution in [0.4, 0.5) is 19.0 Å². The lowest BCUT2D eigenvalue weighted by Gasteiger charge is -2.34. The monoisotopic (exact) mass is 474 g/mol. The lowest BCUT2D eigenvalue weighted by Crippen LogP contribution is -2.43. The fourth-order valence-corrected chi connectivity index (χ4v) is 4.41. The predicted molar refractivity (Wildman–Crippen MR) is 117 cm³/mol. The first kappa shape index (κ1) is 21.4. The minimum Gasteiger partial charge on any atom is -0.293 e. The van der Waals surface area contributed by atoms with Crippen molar-refractivity contribution in [3.05, 3.63) is 58.9 Å². The van der Waals surface area contributed by atoms with Gasteiger partial charge in [-0.05, 0) is 31.5 Å². The molecule has 170 valence electrons. The van der Waals surface area contributed by atoms with Gasteiger partial charge in [-0.2, -0.15) is 23.4 Å². The number of rotatable bonds is 2. The second-order valence-corrected chi connectivity index (χ2v) is 8.34. The average molecular weight is 475 g/mol. The number of carbonyl (C=O) groups is 1. The van der Waals surface area contributed by atoms with Crippen molar-refractivity contribution in [2.24, 2.45) is 7.05 Å². The summed E-state index contributed by atoms with van der Waals surface area (Å²) in [6.07, 6.45) is -3.47. The van der Waals surface area contributed by atoms with E-state index in [-0.39, 0.29) is 18.8 Å². The van der Waals surface area contributed by atoms with Gasteiger partial charge in [-0.1, -0.05) is 23.7 Å². The van der Waals surface area contributed by atoms with E-state index >= 15 is 0 Å². The minimum atomic E-state index is -4.46. The zero-order valence-corrected chi connectivity index (χ0v) is 18.4. The smallest absolute Gasteiger partial charge is 0.293 e. The molecule has 11 heteroatoms. The summed E-state index contributed by atoms with van der Waals surface area (Å²) in [5.41, 5.74) is 2.69. The van der Waals surface area contributed by atoms with Gasteiger partial charge in [0.25, 0.3) is 5.91 Å². The topological polar surface area (TPSA) is 68.8 Å². The fraction of sp³-hybridized carbons (Fsp3) is 0.273. The van der Waals surface area contributed by atoms with Crippen LogP contribution in [-0.4, -0.2) is 43.2 Å². The summed E-state index contributed by atoms with van der Waals surface area (Å²) in [5.74, 6) is -0.329. The van der Waals surface area contributed by atoms with Gasteiger partial charge in [-0.15, -0.1) is 0 Å². The lowest BCUT2D eigenvalue weighted by molar-refractivity contribution is -0.172. The standard InChI is InChI=1S/C22H18ClF3N6O/c1-12-19-15(11-16(28-20(19)30(2)29-12)13-3-5-14(23)6-4-13)21(33)31-10-8-17(22(24,25)26)32-18(31)7-9-27-32/h3-7,9,11,17H,8,10H2,1-2H3/t17-/m1/s1. The third-order valence-electron chi connectivity index (χ3n) is 5.81. The van der Waals surface area contributed by atoms with Gasteiger partial charge in [0.05, 0.1) is 28.5 Å². The van der Waals surface area contributed by atoms with Gasteiger partial charge >= 0.3 is 6.18 Å². The van der Waals surface area contributed by atoms with Gasteiger partial charge in [0.15, 0.2) is 11.7 Å². The molecule has 3 aromatic heterocycles. The van der Waals surface area contributed by atoms with Crippen LogP contribution in [0.3, 0.4) is 0 Å². The Kier molecular flexibility index (Phi) is 4.93. The number of halogens is 4. The van der Waals surface area contributed by atoms with E-state index in [1.165, 1.54) is 17.2 Å². The van der Waals surface area contributed by atoms with E-state index < -0.39 is 18.1 Å². The molecule has 0 saturated heterocycles. The Morgan fingerprint density at radius 3 is 2.61 bits per heavy atom. The highest BCUT2D eigenvalue weighted by Crippen LogP contribution is 2.40. The Labute approximate surface area is 191 Å². The van der Waals surface area contributed by atoms with Crippen LogP contribution in [0.2, 0.25) is 5.02 Å². The number of amides is 1. The molecule has 1 aliphatic rings. The molecular formula is C22H18ClF3N6O. The number of benzene rings is 1. The molecule has 0 aliphatic carbocycles. The summed E-state index contributed by atoms with van der Waals surface area (Å²) < 4.78 is 42.9. The van der Waals surface area contributed by atoms with E-state index in [0.29, 0.717) is 33.0 Å². The number of fused-ring (bicyclic) bond motifs is 2. The number of anilines is 1. The first-order valence-corrected chi connectivity index (χ1v) is 10.6. The molecule has 4 heterocycles. The summed E-state index contributed by atoms with van der Waals surface area (Å²) in [6, 6.07) is 8.33. The Morgan fingerprint density at radius 2 is 1.91 bits per heavy atom. The molecule has 0 bridgehead atoms. The van der Waals surface area contributed by atoms with Crippen molar-refractivity contribution in [1.82, 2.24) is 24.5 Å². The Bertz CT molecular complexity index is 1380. The maximum Gasteiger partial charge on any atom is 0.410 e. The number of nitrogens with zero attached hydrogens (tertiary/aromatic N) is 6. The summed E-state index contributed by atoms with van der Waals surface area (Å²) in [4.78, 5) is 19.8. The van der Waals surface area contributed by atoms with Gasteiger partial charge in [0.1, 0.15) is 5.82 Å². The Balaban J connectivity index is 1.65. The number of aromatic nitrogens is 5. The highest BCUT2D eigenvalue weighted by atomic mass is 35.5. The number of pyridine rings is 1. The van der Waals surface area contributed by atoms with Gasteiger partial charge < -0.3 is 0 Å². The molecule has 1 atom stereocenters. The van der Waals surface area contributed by atoms with Crippen LogP contribution in [0.1, 0.15) is 28.5 Å². The molecule has 0 N–H and O–H groups in total. The second-order valence-electron chi connectivity index (χ2n) is 7.91. The molecule has 0 saturated carbocycles. The van der Waals surface area contributed by atoms with E-state index in [2.05, 4.69) is 15.2 Å². The zero-order chi connectivity index (χ0) is 23.5. The van der Waals surface area contributed by atoms with E-state index in [1.54, 1.807) is 49.0 Å². The van der Waals surface area contributed by atoms with Crippen LogP contribution in [-0.2, 0) is 7.05 Å². The SMILES string of the molecule is Cc1nn(C)c2nc(-c3ccc(Cl)cc3)cc(C(=O)N3CC[C@H](C(F)(F)F)n4nccc43)c12. The van der Waals surface area contributed by atoms with Crippen molar-refractivity contribution in [1.29, 1.82) is 0 Å². The molecule has 1 aromatic carbocycles. The van der Waals surface area contributed by atoms with Gasteiger partial charge in [0, 0.05) is 30.2 Å². The molecule has 1 aliphatic heterocycles. The normalized spacial score (nSPS) is 16.3. The lowest BCUT2D eigenvalue weighted by atomic mass is 10.0.